The van der Waals surface area contributed by atoms with E-state index in [-0.39, 0.29) is 11.7 Å². The Morgan fingerprint density at radius 3 is 2.00 bits per heavy atom. The number of rotatable bonds is 11. The van der Waals surface area contributed by atoms with Gasteiger partial charge in [0.15, 0.2) is 5.78 Å². The molecule has 0 radical (unpaired) electrons. The summed E-state index contributed by atoms with van der Waals surface area (Å²) in [4.78, 5) is 26.2. The molecule has 0 saturated carbocycles. The highest BCUT2D eigenvalue weighted by molar-refractivity contribution is 6.01. The van der Waals surface area contributed by atoms with Gasteiger partial charge in [-0.15, -0.1) is 0 Å². The third-order valence-corrected chi connectivity index (χ3v) is 4.82. The van der Waals surface area contributed by atoms with Crippen LogP contribution in [-0.4, -0.2) is 61.2 Å². The Labute approximate surface area is 166 Å². The number of Topliss-reactive ketones (excluding diaryl/α,β-unsaturated/α-hetero) is 1. The molecule has 156 valence electrons. The van der Waals surface area contributed by atoms with Crippen LogP contribution >= 0.6 is 0 Å². The fraction of sp³-hybridized carbons (Fsp3) is 0.619. The van der Waals surface area contributed by atoms with Gasteiger partial charge in [0.1, 0.15) is 22.8 Å². The Balaban J connectivity index is 2.11. The minimum atomic E-state index is -0.729. The Morgan fingerprint density at radius 1 is 1.00 bits per heavy atom. The summed E-state index contributed by atoms with van der Waals surface area (Å²) >= 11 is 0. The summed E-state index contributed by atoms with van der Waals surface area (Å²) in [7, 11) is 0. The van der Waals surface area contributed by atoms with E-state index in [0.29, 0.717) is 81.5 Å². The molecule has 1 heterocycles. The van der Waals surface area contributed by atoms with Crippen molar-refractivity contribution in [2.24, 2.45) is 5.92 Å². The number of hydrogen-bond acceptors (Lipinski definition) is 6. The van der Waals surface area contributed by atoms with Crippen molar-refractivity contribution in [3.05, 3.63) is 17.7 Å². The highest BCUT2D eigenvalue weighted by Crippen LogP contribution is 2.35. The number of benzene rings is 1. The molecule has 1 aromatic carbocycles. The maximum atomic E-state index is 13.0. The smallest absolute Gasteiger partial charge is 0.306 e. The van der Waals surface area contributed by atoms with Gasteiger partial charge in [0, 0.05) is 25.1 Å². The molecule has 1 N–H and O–H groups in total. The Hall–Kier alpha value is -2.28. The van der Waals surface area contributed by atoms with Gasteiger partial charge in [0.25, 0.3) is 0 Å². The third-order valence-electron chi connectivity index (χ3n) is 4.82. The van der Waals surface area contributed by atoms with Crippen molar-refractivity contribution in [1.29, 1.82) is 0 Å². The molecule has 7 nitrogen and oxygen atoms in total. The topological polar surface area (TPSA) is 85.3 Å². The maximum Gasteiger partial charge on any atom is 0.306 e. The summed E-state index contributed by atoms with van der Waals surface area (Å²) in [5.74, 6) is 0.523. The molecule has 0 bridgehead atoms. The number of ether oxygens (including phenoxy) is 3. The average Bonchev–Trinajstić information content (AvgIpc) is 2.67. The van der Waals surface area contributed by atoms with Crippen molar-refractivity contribution in [3.8, 4) is 17.2 Å². The highest BCUT2D eigenvalue weighted by Gasteiger charge is 2.26. The molecule has 0 aromatic heterocycles. The van der Waals surface area contributed by atoms with Gasteiger partial charge in [-0.1, -0.05) is 0 Å². The third kappa shape index (κ3) is 5.86. The van der Waals surface area contributed by atoms with Crippen LogP contribution < -0.4 is 14.2 Å². The predicted molar refractivity (Wildman–Crippen MR) is 106 cm³/mol. The Kier molecular flexibility index (Phi) is 8.57. The van der Waals surface area contributed by atoms with E-state index in [9.17, 15) is 9.59 Å². The second kappa shape index (κ2) is 10.9. The second-order valence-corrected chi connectivity index (χ2v) is 6.72. The van der Waals surface area contributed by atoms with Crippen molar-refractivity contribution >= 4 is 11.8 Å². The standard InChI is InChI=1S/C21H31NO6/c1-4-26-16-13-18(27-5-2)20(19(14-16)28-6-3)17(23)9-12-22-10-7-15(8-11-22)21(24)25/h13-15H,4-12H2,1-3H3,(H,24,25). The lowest BCUT2D eigenvalue weighted by Gasteiger charge is -2.29. The molecule has 7 heteroatoms. The van der Waals surface area contributed by atoms with Crippen LogP contribution in [0.3, 0.4) is 0 Å². The van der Waals surface area contributed by atoms with Crippen LogP contribution in [0.2, 0.25) is 0 Å². The minimum Gasteiger partial charge on any atom is -0.494 e. The predicted octanol–water partition coefficient (Wildman–Crippen LogP) is 3.25. The van der Waals surface area contributed by atoms with Gasteiger partial charge < -0.3 is 24.2 Å². The molecule has 0 spiro atoms. The quantitative estimate of drug-likeness (QED) is 0.578. The average molecular weight is 393 g/mol. The van der Waals surface area contributed by atoms with Gasteiger partial charge in [-0.25, -0.2) is 0 Å². The van der Waals surface area contributed by atoms with E-state index < -0.39 is 5.97 Å². The van der Waals surface area contributed by atoms with Crippen LogP contribution in [0.1, 0.15) is 50.4 Å². The molecule has 1 aliphatic heterocycles. The molecule has 0 aliphatic carbocycles. The molecule has 0 atom stereocenters. The number of aliphatic carboxylic acids is 1. The largest absolute Gasteiger partial charge is 0.494 e. The van der Waals surface area contributed by atoms with E-state index in [2.05, 4.69) is 4.90 Å². The van der Waals surface area contributed by atoms with Crippen molar-refractivity contribution < 1.29 is 28.9 Å². The number of carboxylic acid groups (broad SMARTS) is 1. The highest BCUT2D eigenvalue weighted by atomic mass is 16.5. The van der Waals surface area contributed by atoms with E-state index in [1.807, 2.05) is 20.8 Å². The molecule has 1 saturated heterocycles. The van der Waals surface area contributed by atoms with Crippen LogP contribution in [0.25, 0.3) is 0 Å². The van der Waals surface area contributed by atoms with Gasteiger partial charge in [-0.05, 0) is 46.7 Å². The van der Waals surface area contributed by atoms with Gasteiger partial charge in [-0.2, -0.15) is 0 Å². The lowest BCUT2D eigenvalue weighted by Crippen LogP contribution is -2.37. The zero-order valence-electron chi connectivity index (χ0n) is 17.0. The van der Waals surface area contributed by atoms with Gasteiger partial charge >= 0.3 is 5.97 Å². The van der Waals surface area contributed by atoms with Crippen LogP contribution in [0.5, 0.6) is 17.2 Å². The number of hydrogen-bond donors (Lipinski definition) is 1. The lowest BCUT2D eigenvalue weighted by atomic mass is 9.96. The summed E-state index contributed by atoms with van der Waals surface area (Å²) in [5, 5.41) is 9.10. The van der Waals surface area contributed by atoms with Crippen molar-refractivity contribution in [3.63, 3.8) is 0 Å². The second-order valence-electron chi connectivity index (χ2n) is 6.72. The monoisotopic (exact) mass is 393 g/mol. The number of carbonyl (C=O) groups excluding carboxylic acids is 1. The van der Waals surface area contributed by atoms with Crippen LogP contribution in [0, 0.1) is 5.92 Å². The summed E-state index contributed by atoms with van der Waals surface area (Å²) in [5.41, 5.74) is 0.451. The van der Waals surface area contributed by atoms with Crippen LogP contribution in [0.4, 0.5) is 0 Å². The Morgan fingerprint density at radius 2 is 1.54 bits per heavy atom. The van der Waals surface area contributed by atoms with E-state index in [1.165, 1.54) is 0 Å². The van der Waals surface area contributed by atoms with Gasteiger partial charge in [0.05, 0.1) is 25.7 Å². The molecular weight excluding hydrogens is 362 g/mol. The zero-order valence-corrected chi connectivity index (χ0v) is 17.0. The molecule has 0 amide bonds. The fourth-order valence-corrected chi connectivity index (χ4v) is 3.42. The van der Waals surface area contributed by atoms with E-state index >= 15 is 0 Å². The number of piperidine rings is 1. The summed E-state index contributed by atoms with van der Waals surface area (Å²) in [6, 6.07) is 3.47. The molecule has 1 fully saturated rings. The Bertz CT molecular complexity index is 640. The number of nitrogens with zero attached hydrogens (tertiary/aromatic N) is 1. The van der Waals surface area contributed by atoms with Crippen molar-refractivity contribution in [2.75, 3.05) is 39.5 Å². The first-order chi connectivity index (χ1) is 13.5. The van der Waals surface area contributed by atoms with Crippen LogP contribution in [-0.2, 0) is 4.79 Å². The molecule has 1 aromatic rings. The molecule has 0 unspecified atom stereocenters. The van der Waals surface area contributed by atoms with Crippen molar-refractivity contribution in [2.45, 2.75) is 40.0 Å². The minimum absolute atomic E-state index is 0.0460. The van der Waals surface area contributed by atoms with Gasteiger partial charge in [0.2, 0.25) is 0 Å². The first-order valence-electron chi connectivity index (χ1n) is 10.0. The zero-order chi connectivity index (χ0) is 20.5. The summed E-state index contributed by atoms with van der Waals surface area (Å²) in [6.45, 7) is 9.01. The number of carboxylic acids is 1. The fourth-order valence-electron chi connectivity index (χ4n) is 3.42. The summed E-state index contributed by atoms with van der Waals surface area (Å²) in [6.07, 6.45) is 1.58. The lowest BCUT2D eigenvalue weighted by molar-refractivity contribution is -0.143. The van der Waals surface area contributed by atoms with E-state index in [4.69, 9.17) is 19.3 Å². The summed E-state index contributed by atoms with van der Waals surface area (Å²) < 4.78 is 17.0. The molecule has 28 heavy (non-hydrogen) atoms. The van der Waals surface area contributed by atoms with Crippen LogP contribution in [0.15, 0.2) is 12.1 Å². The van der Waals surface area contributed by atoms with Gasteiger partial charge in [-0.3, -0.25) is 9.59 Å². The normalized spacial score (nSPS) is 15.2. The number of likely N-dealkylation sites (tertiary alicyclic amines) is 1. The number of carbonyl (C=O) groups is 2. The van der Waals surface area contributed by atoms with Crippen molar-refractivity contribution in [1.82, 2.24) is 4.90 Å². The molecule has 1 aliphatic rings. The molecular formula is C21H31NO6. The number of ketones is 1. The van der Waals surface area contributed by atoms with E-state index in [1.54, 1.807) is 12.1 Å². The molecule has 2 rings (SSSR count). The van der Waals surface area contributed by atoms with E-state index in [0.717, 1.165) is 0 Å². The maximum absolute atomic E-state index is 13.0. The first kappa shape index (κ1) is 22.0. The SMILES string of the molecule is CCOc1cc(OCC)c(C(=O)CCN2CCC(C(=O)O)CC2)c(OCC)c1. The first-order valence-corrected chi connectivity index (χ1v) is 10.0.